The number of halogens is 2. The zero-order valence-corrected chi connectivity index (χ0v) is 13.4. The molecule has 1 heterocycles. The Labute approximate surface area is 134 Å². The average molecular weight is 331 g/mol. The summed E-state index contributed by atoms with van der Waals surface area (Å²) in [5.41, 5.74) is -0.873. The van der Waals surface area contributed by atoms with Gasteiger partial charge in [-0.1, -0.05) is 17.7 Å². The summed E-state index contributed by atoms with van der Waals surface area (Å²) in [4.78, 5) is 12.9. The van der Waals surface area contributed by atoms with Crippen molar-refractivity contribution < 1.29 is 19.0 Å². The normalized spacial score (nSPS) is 25.6. The summed E-state index contributed by atoms with van der Waals surface area (Å²) < 4.78 is 19.4. The first kappa shape index (κ1) is 17.1. The van der Waals surface area contributed by atoms with E-state index in [0.29, 0.717) is 18.7 Å². The number of carbonyl (C=O) groups excluding carboxylic acids is 1. The van der Waals surface area contributed by atoms with Crippen molar-refractivity contribution in [3.63, 3.8) is 0 Å². The number of hydrogen-bond acceptors (Lipinski definition) is 4. The van der Waals surface area contributed by atoms with E-state index in [2.05, 4.69) is 5.32 Å². The van der Waals surface area contributed by atoms with Crippen molar-refractivity contribution in [3.05, 3.63) is 34.6 Å². The highest BCUT2D eigenvalue weighted by Crippen LogP contribution is 2.33. The molecule has 22 heavy (non-hydrogen) atoms. The second-order valence-electron chi connectivity index (χ2n) is 5.58. The van der Waals surface area contributed by atoms with Crippen molar-refractivity contribution in [2.75, 3.05) is 33.3 Å². The molecule has 1 fully saturated rings. The van der Waals surface area contributed by atoms with Gasteiger partial charge in [-0.2, -0.15) is 0 Å². The van der Waals surface area contributed by atoms with E-state index in [0.717, 1.165) is 0 Å². The summed E-state index contributed by atoms with van der Waals surface area (Å²) in [6.07, 6.45) is -0.754. The molecule has 0 radical (unpaired) electrons. The van der Waals surface area contributed by atoms with Crippen molar-refractivity contribution in [2.24, 2.45) is 0 Å². The van der Waals surface area contributed by atoms with Gasteiger partial charge in [0.2, 0.25) is 5.91 Å². The molecule has 1 amide bonds. The van der Waals surface area contributed by atoms with Crippen molar-refractivity contribution in [1.29, 1.82) is 0 Å². The van der Waals surface area contributed by atoms with Crippen LogP contribution in [0.1, 0.15) is 18.6 Å². The Morgan fingerprint density at radius 1 is 1.64 bits per heavy atom. The van der Waals surface area contributed by atoms with Gasteiger partial charge in [0, 0.05) is 27.1 Å². The molecule has 1 aromatic carbocycles. The molecule has 0 saturated carbocycles. The van der Waals surface area contributed by atoms with E-state index in [1.807, 2.05) is 0 Å². The highest BCUT2D eigenvalue weighted by Gasteiger charge is 2.41. The van der Waals surface area contributed by atoms with E-state index >= 15 is 0 Å². The molecule has 1 aromatic rings. The summed E-state index contributed by atoms with van der Waals surface area (Å²) in [5.74, 6) is -0.735. The molecule has 5 nitrogen and oxygen atoms in total. The van der Waals surface area contributed by atoms with Crippen LogP contribution in [0.5, 0.6) is 0 Å². The molecule has 1 saturated heterocycles. The molecule has 1 aliphatic rings. The third kappa shape index (κ3) is 3.76. The highest BCUT2D eigenvalue weighted by atomic mass is 35.5. The van der Waals surface area contributed by atoms with Crippen molar-refractivity contribution in [1.82, 2.24) is 10.2 Å². The Balaban J connectivity index is 2.34. The van der Waals surface area contributed by atoms with Crippen LogP contribution in [0.4, 0.5) is 4.39 Å². The minimum Gasteiger partial charge on any atom is -0.384 e. The molecule has 2 rings (SSSR count). The van der Waals surface area contributed by atoms with Gasteiger partial charge in [-0.3, -0.25) is 4.79 Å². The van der Waals surface area contributed by atoms with E-state index in [1.165, 1.54) is 24.0 Å². The number of nitrogens with one attached hydrogen (secondary N) is 1. The fraction of sp³-hybridized carbons (Fsp3) is 0.533. The number of amides is 1. The summed E-state index contributed by atoms with van der Waals surface area (Å²) >= 11 is 5.71. The number of hydrogen-bond donors (Lipinski definition) is 2. The first-order chi connectivity index (χ1) is 10.3. The first-order valence-electron chi connectivity index (χ1n) is 7.05. The van der Waals surface area contributed by atoms with Crippen LogP contribution >= 0.6 is 11.6 Å². The number of likely N-dealkylation sites (N-methyl/N-ethyl adjacent to an activating group) is 1. The largest absolute Gasteiger partial charge is 0.384 e. The van der Waals surface area contributed by atoms with Crippen LogP contribution in [0.25, 0.3) is 0 Å². The second kappa shape index (κ2) is 6.91. The Kier molecular flexibility index (Phi) is 5.39. The fourth-order valence-corrected chi connectivity index (χ4v) is 2.66. The molecule has 0 spiro atoms. The number of aliphatic hydroxyl groups is 1. The molecule has 0 aliphatic carbocycles. The van der Waals surface area contributed by atoms with Crippen LogP contribution in [0.3, 0.4) is 0 Å². The van der Waals surface area contributed by atoms with E-state index in [9.17, 15) is 14.3 Å². The number of ether oxygens (including phenoxy) is 1. The van der Waals surface area contributed by atoms with E-state index in [-0.39, 0.29) is 24.0 Å². The first-order valence-corrected chi connectivity index (χ1v) is 7.42. The lowest BCUT2D eigenvalue weighted by atomic mass is 9.90. The zero-order valence-electron chi connectivity index (χ0n) is 12.6. The average Bonchev–Trinajstić information content (AvgIpc) is 2.63. The monoisotopic (exact) mass is 330 g/mol. The molecule has 7 heteroatoms. The van der Waals surface area contributed by atoms with Gasteiger partial charge in [0.15, 0.2) is 0 Å². The Morgan fingerprint density at radius 2 is 2.36 bits per heavy atom. The van der Waals surface area contributed by atoms with Gasteiger partial charge < -0.3 is 20.1 Å². The number of nitrogens with zero attached hydrogens (tertiary/aromatic N) is 1. The van der Waals surface area contributed by atoms with Crippen LogP contribution in [0.2, 0.25) is 5.02 Å². The summed E-state index contributed by atoms with van der Waals surface area (Å²) in [7, 11) is 1.60. The predicted octanol–water partition coefficient (Wildman–Crippen LogP) is 1.35. The molecular formula is C15H20ClFN2O3. The molecule has 0 bridgehead atoms. The molecule has 1 aliphatic heterocycles. The van der Waals surface area contributed by atoms with Gasteiger partial charge in [0.05, 0.1) is 18.2 Å². The van der Waals surface area contributed by atoms with Crippen LogP contribution < -0.4 is 5.32 Å². The molecule has 122 valence electrons. The van der Waals surface area contributed by atoms with E-state index in [1.54, 1.807) is 13.1 Å². The molecule has 0 aromatic heterocycles. The second-order valence-corrected chi connectivity index (χ2v) is 5.99. The van der Waals surface area contributed by atoms with Crippen LogP contribution in [0, 0.1) is 5.82 Å². The van der Waals surface area contributed by atoms with Gasteiger partial charge in [0.1, 0.15) is 17.5 Å². The van der Waals surface area contributed by atoms with E-state index in [4.69, 9.17) is 16.3 Å². The number of β-amino-alcohol motifs (C(OH)–C–C–N with tert-alkyl or cyclic N) is 1. The van der Waals surface area contributed by atoms with Gasteiger partial charge in [-0.05, 0) is 17.7 Å². The molecular weight excluding hydrogens is 311 g/mol. The predicted molar refractivity (Wildman–Crippen MR) is 81.2 cm³/mol. The Morgan fingerprint density at radius 3 is 3.00 bits per heavy atom. The highest BCUT2D eigenvalue weighted by molar-refractivity contribution is 6.30. The lowest BCUT2D eigenvalue weighted by molar-refractivity contribution is -0.138. The summed E-state index contributed by atoms with van der Waals surface area (Å²) in [6.45, 7) is 2.68. The van der Waals surface area contributed by atoms with Crippen LogP contribution in [-0.2, 0) is 9.53 Å². The standard InChI is InChI=1S/C15H20ClFN2O3/c1-10(20)19(2)9-15(21)8-18-5-6-22-14(15)11-3-4-12(16)13(17)7-11/h3-4,7,14,18,21H,5-6,8-9H2,1-2H3/t14?,15-/m0/s1. The van der Waals surface area contributed by atoms with Crippen LogP contribution in [-0.4, -0.2) is 54.8 Å². The molecule has 1 unspecified atom stereocenters. The van der Waals surface area contributed by atoms with Gasteiger partial charge in [-0.25, -0.2) is 4.39 Å². The minimum atomic E-state index is -1.36. The smallest absolute Gasteiger partial charge is 0.219 e. The molecule has 2 atom stereocenters. The quantitative estimate of drug-likeness (QED) is 0.878. The maximum absolute atomic E-state index is 13.7. The number of carbonyl (C=O) groups is 1. The van der Waals surface area contributed by atoms with Crippen molar-refractivity contribution in [2.45, 2.75) is 18.6 Å². The zero-order chi connectivity index (χ0) is 16.3. The summed E-state index contributed by atoms with van der Waals surface area (Å²) in [5, 5.41) is 14.1. The van der Waals surface area contributed by atoms with Crippen LogP contribution in [0.15, 0.2) is 18.2 Å². The minimum absolute atomic E-state index is 0.0138. The van der Waals surface area contributed by atoms with E-state index < -0.39 is 17.5 Å². The third-order valence-electron chi connectivity index (χ3n) is 3.78. The maximum atomic E-state index is 13.7. The van der Waals surface area contributed by atoms with Gasteiger partial charge in [0.25, 0.3) is 0 Å². The number of benzene rings is 1. The van der Waals surface area contributed by atoms with Crippen molar-refractivity contribution >= 4 is 17.5 Å². The maximum Gasteiger partial charge on any atom is 0.219 e. The Hall–Kier alpha value is -1.21. The lowest BCUT2D eigenvalue weighted by Crippen LogP contribution is -2.52. The summed E-state index contributed by atoms with van der Waals surface area (Å²) in [6, 6.07) is 4.32. The lowest BCUT2D eigenvalue weighted by Gasteiger charge is -2.37. The fourth-order valence-electron chi connectivity index (χ4n) is 2.54. The van der Waals surface area contributed by atoms with Gasteiger partial charge >= 0.3 is 0 Å². The Bertz CT molecular complexity index is 558. The topological polar surface area (TPSA) is 61.8 Å². The number of rotatable bonds is 3. The third-order valence-corrected chi connectivity index (χ3v) is 4.08. The molecule has 2 N–H and O–H groups in total. The van der Waals surface area contributed by atoms with Crippen molar-refractivity contribution in [3.8, 4) is 0 Å². The van der Waals surface area contributed by atoms with Gasteiger partial charge in [-0.15, -0.1) is 0 Å². The SMILES string of the molecule is CC(=O)N(C)C[C@@]1(O)CNCCOC1c1ccc(Cl)c(F)c1.